The second kappa shape index (κ2) is 6.14. The number of halogens is 6. The third kappa shape index (κ3) is 3.84. The lowest BCUT2D eigenvalue weighted by Crippen LogP contribution is -2.12. The molecule has 1 aromatic heterocycles. The molecule has 1 aromatic carbocycles. The highest BCUT2D eigenvalue weighted by Crippen LogP contribution is 2.39. The minimum atomic E-state index is -4.82. The van der Waals surface area contributed by atoms with E-state index in [1.807, 2.05) is 0 Å². The van der Waals surface area contributed by atoms with Gasteiger partial charge in [0.25, 0.3) is 0 Å². The summed E-state index contributed by atoms with van der Waals surface area (Å²) in [6, 6.07) is 4.47. The largest absolute Gasteiger partial charge is 0.481 e. The number of carbonyl (C=O) groups is 1. The van der Waals surface area contributed by atoms with E-state index in [9.17, 15) is 31.1 Å². The topological polar surface area (TPSA) is 50.2 Å². The average Bonchev–Trinajstić information content (AvgIpc) is 2.45. The van der Waals surface area contributed by atoms with Gasteiger partial charge in [-0.15, -0.1) is 0 Å². The molecule has 0 fully saturated rings. The standard InChI is InChI=1S/C15H9F6NO2/c16-14(17,18)8-5-10(12(22-7-8)6-13(23)24)9-3-1-2-4-11(9)15(19,20)21/h1-5,7H,6H2,(H,23,24). The number of hydrogen-bond donors (Lipinski definition) is 1. The second-order valence-electron chi connectivity index (χ2n) is 4.83. The van der Waals surface area contributed by atoms with Gasteiger partial charge in [0.05, 0.1) is 23.2 Å². The number of benzene rings is 1. The molecule has 1 heterocycles. The average molecular weight is 349 g/mol. The summed E-state index contributed by atoms with van der Waals surface area (Å²) < 4.78 is 77.8. The molecule has 0 aliphatic rings. The molecule has 128 valence electrons. The molecular formula is C15H9F6NO2. The molecule has 1 N–H and O–H groups in total. The van der Waals surface area contributed by atoms with E-state index in [0.717, 1.165) is 12.1 Å². The molecule has 2 rings (SSSR count). The Morgan fingerprint density at radius 1 is 1.00 bits per heavy atom. The third-order valence-electron chi connectivity index (χ3n) is 3.14. The van der Waals surface area contributed by atoms with Gasteiger partial charge in [-0.2, -0.15) is 26.3 Å². The molecule has 0 spiro atoms. The van der Waals surface area contributed by atoms with E-state index in [1.165, 1.54) is 6.07 Å². The zero-order valence-corrected chi connectivity index (χ0v) is 11.7. The molecule has 3 nitrogen and oxygen atoms in total. The number of aliphatic carboxylic acids is 1. The fourth-order valence-electron chi connectivity index (χ4n) is 2.13. The summed E-state index contributed by atoms with van der Waals surface area (Å²) in [7, 11) is 0. The van der Waals surface area contributed by atoms with Gasteiger partial charge in [-0.25, -0.2) is 0 Å². The van der Waals surface area contributed by atoms with Gasteiger partial charge in [0, 0.05) is 11.8 Å². The Morgan fingerprint density at radius 3 is 2.17 bits per heavy atom. The number of rotatable bonds is 3. The molecule has 0 amide bonds. The number of carboxylic acids is 1. The van der Waals surface area contributed by atoms with Crippen molar-refractivity contribution in [1.82, 2.24) is 4.98 Å². The number of carboxylic acid groups (broad SMARTS) is 1. The first kappa shape index (κ1) is 17.8. The maximum absolute atomic E-state index is 13.1. The third-order valence-corrected chi connectivity index (χ3v) is 3.14. The van der Waals surface area contributed by atoms with Crippen molar-refractivity contribution < 1.29 is 36.2 Å². The number of aromatic nitrogens is 1. The summed E-state index contributed by atoms with van der Waals surface area (Å²) in [5, 5.41) is 8.81. The lowest BCUT2D eigenvalue weighted by molar-refractivity contribution is -0.138. The van der Waals surface area contributed by atoms with E-state index in [-0.39, 0.29) is 5.69 Å². The Hall–Kier alpha value is -2.58. The van der Waals surface area contributed by atoms with Crippen LogP contribution in [0, 0.1) is 0 Å². The first-order chi connectivity index (χ1) is 11.0. The van der Waals surface area contributed by atoms with Crippen molar-refractivity contribution in [2.45, 2.75) is 18.8 Å². The minimum Gasteiger partial charge on any atom is -0.481 e. The maximum atomic E-state index is 13.1. The van der Waals surface area contributed by atoms with Gasteiger partial charge in [0.15, 0.2) is 0 Å². The van der Waals surface area contributed by atoms with Crippen molar-refractivity contribution in [3.05, 3.63) is 53.3 Å². The van der Waals surface area contributed by atoms with Gasteiger partial charge in [0.2, 0.25) is 0 Å². The summed E-state index contributed by atoms with van der Waals surface area (Å²) in [6.45, 7) is 0. The molecule has 0 saturated heterocycles. The first-order valence-electron chi connectivity index (χ1n) is 6.44. The Morgan fingerprint density at radius 2 is 1.62 bits per heavy atom. The van der Waals surface area contributed by atoms with Crippen molar-refractivity contribution in [3.8, 4) is 11.1 Å². The summed E-state index contributed by atoms with van der Waals surface area (Å²) in [6.07, 6.45) is -10.0. The van der Waals surface area contributed by atoms with Crippen LogP contribution in [-0.4, -0.2) is 16.1 Å². The number of nitrogens with zero attached hydrogens (tertiary/aromatic N) is 1. The van der Waals surface area contributed by atoms with Crippen LogP contribution >= 0.6 is 0 Å². The molecule has 0 aliphatic heterocycles. The van der Waals surface area contributed by atoms with Crippen molar-refractivity contribution in [2.75, 3.05) is 0 Å². The van der Waals surface area contributed by atoms with Crippen LogP contribution in [0.3, 0.4) is 0 Å². The van der Waals surface area contributed by atoms with E-state index >= 15 is 0 Å². The van der Waals surface area contributed by atoms with E-state index in [0.29, 0.717) is 18.3 Å². The van der Waals surface area contributed by atoms with Crippen molar-refractivity contribution >= 4 is 5.97 Å². The van der Waals surface area contributed by atoms with Crippen LogP contribution in [0.4, 0.5) is 26.3 Å². The molecule has 2 aromatic rings. The number of pyridine rings is 1. The molecular weight excluding hydrogens is 340 g/mol. The highest BCUT2D eigenvalue weighted by molar-refractivity contribution is 5.77. The predicted molar refractivity (Wildman–Crippen MR) is 71.0 cm³/mol. The van der Waals surface area contributed by atoms with Gasteiger partial charge >= 0.3 is 18.3 Å². The molecule has 24 heavy (non-hydrogen) atoms. The zero-order chi connectivity index (χ0) is 18.1. The second-order valence-corrected chi connectivity index (χ2v) is 4.83. The predicted octanol–water partition coefficient (Wildman–Crippen LogP) is 4.41. The lowest BCUT2D eigenvalue weighted by Gasteiger charge is -2.16. The lowest BCUT2D eigenvalue weighted by atomic mass is 9.95. The van der Waals surface area contributed by atoms with Crippen LogP contribution in [0.1, 0.15) is 16.8 Å². The van der Waals surface area contributed by atoms with Crippen LogP contribution in [0.15, 0.2) is 36.5 Å². The quantitative estimate of drug-likeness (QED) is 0.835. The summed E-state index contributed by atoms with van der Waals surface area (Å²) in [4.78, 5) is 14.2. The Labute approximate surface area is 131 Å². The molecule has 0 bridgehead atoms. The van der Waals surface area contributed by atoms with Crippen molar-refractivity contribution in [2.24, 2.45) is 0 Å². The fraction of sp³-hybridized carbons (Fsp3) is 0.200. The Kier molecular flexibility index (Phi) is 4.54. The van der Waals surface area contributed by atoms with Crippen LogP contribution in [0.5, 0.6) is 0 Å². The Bertz CT molecular complexity index is 767. The highest BCUT2D eigenvalue weighted by atomic mass is 19.4. The molecule has 0 unspecified atom stereocenters. The van der Waals surface area contributed by atoms with E-state index < -0.39 is 47.0 Å². The minimum absolute atomic E-state index is 0.382. The SMILES string of the molecule is O=C(O)Cc1ncc(C(F)(F)F)cc1-c1ccccc1C(F)(F)F. The molecule has 0 aliphatic carbocycles. The normalized spacial score (nSPS) is 12.2. The smallest absolute Gasteiger partial charge is 0.417 e. The van der Waals surface area contributed by atoms with E-state index in [4.69, 9.17) is 5.11 Å². The molecule has 0 atom stereocenters. The maximum Gasteiger partial charge on any atom is 0.417 e. The monoisotopic (exact) mass is 349 g/mol. The van der Waals surface area contributed by atoms with Crippen LogP contribution in [-0.2, 0) is 23.6 Å². The van der Waals surface area contributed by atoms with Gasteiger partial charge in [-0.1, -0.05) is 18.2 Å². The van der Waals surface area contributed by atoms with E-state index in [2.05, 4.69) is 4.98 Å². The first-order valence-corrected chi connectivity index (χ1v) is 6.44. The van der Waals surface area contributed by atoms with Crippen LogP contribution in [0.25, 0.3) is 11.1 Å². The van der Waals surface area contributed by atoms with Crippen LogP contribution in [0.2, 0.25) is 0 Å². The van der Waals surface area contributed by atoms with Crippen molar-refractivity contribution in [3.63, 3.8) is 0 Å². The van der Waals surface area contributed by atoms with Gasteiger partial charge < -0.3 is 5.11 Å². The number of hydrogen-bond acceptors (Lipinski definition) is 2. The van der Waals surface area contributed by atoms with Crippen LogP contribution < -0.4 is 0 Å². The molecule has 0 radical (unpaired) electrons. The van der Waals surface area contributed by atoms with Gasteiger partial charge in [0.1, 0.15) is 0 Å². The Balaban J connectivity index is 2.74. The highest BCUT2D eigenvalue weighted by Gasteiger charge is 2.36. The molecule has 9 heteroatoms. The van der Waals surface area contributed by atoms with Gasteiger partial charge in [-0.05, 0) is 17.7 Å². The molecule has 0 saturated carbocycles. The van der Waals surface area contributed by atoms with E-state index in [1.54, 1.807) is 0 Å². The zero-order valence-electron chi connectivity index (χ0n) is 11.7. The van der Waals surface area contributed by atoms with Crippen molar-refractivity contribution in [1.29, 1.82) is 0 Å². The summed E-state index contributed by atoms with van der Waals surface area (Å²) in [5.74, 6) is -1.42. The summed E-state index contributed by atoms with van der Waals surface area (Å²) in [5.41, 5.74) is -3.88. The fourth-order valence-corrected chi connectivity index (χ4v) is 2.13. The van der Waals surface area contributed by atoms with Gasteiger partial charge in [-0.3, -0.25) is 9.78 Å². The number of alkyl halides is 6. The summed E-state index contributed by atoms with van der Waals surface area (Å²) >= 11 is 0.